The smallest absolute Gasteiger partial charge is 0.311 e. The van der Waals surface area contributed by atoms with Gasteiger partial charge in [0, 0.05) is 21.6 Å². The van der Waals surface area contributed by atoms with Gasteiger partial charge in [0.2, 0.25) is 0 Å². The van der Waals surface area contributed by atoms with Crippen molar-refractivity contribution in [2.75, 3.05) is 11.9 Å². The number of benzene rings is 2. The maximum atomic E-state index is 12.8. The van der Waals surface area contributed by atoms with Crippen molar-refractivity contribution in [2.45, 2.75) is 6.04 Å². The molecule has 3 amide bonds. The number of imide groups is 1. The first kappa shape index (κ1) is 16.3. The zero-order valence-corrected chi connectivity index (χ0v) is 15.1. The summed E-state index contributed by atoms with van der Waals surface area (Å²) < 4.78 is 0.902. The molecule has 0 aliphatic carbocycles. The minimum absolute atomic E-state index is 0.335. The Balaban J connectivity index is 2.02. The monoisotopic (exact) mass is 412 g/mol. The summed E-state index contributed by atoms with van der Waals surface area (Å²) in [5, 5.41) is 0.727. The number of carbonyl (C=O) groups is 2. The maximum Gasteiger partial charge on any atom is 0.332 e. The molecule has 118 valence electrons. The normalized spacial score (nSPS) is 18.0. The average molecular weight is 414 g/mol. The van der Waals surface area contributed by atoms with Crippen LogP contribution in [-0.2, 0) is 4.79 Å². The number of halogens is 3. The highest BCUT2D eigenvalue weighted by Crippen LogP contribution is 2.35. The van der Waals surface area contributed by atoms with Crippen LogP contribution in [0.3, 0.4) is 0 Å². The Morgan fingerprint density at radius 1 is 1.00 bits per heavy atom. The van der Waals surface area contributed by atoms with Crippen molar-refractivity contribution in [3.63, 3.8) is 0 Å². The number of rotatable bonds is 2. The molecule has 1 unspecified atom stereocenters. The lowest BCUT2D eigenvalue weighted by atomic mass is 10.1. The quantitative estimate of drug-likeness (QED) is 0.657. The lowest BCUT2D eigenvalue weighted by Crippen LogP contribution is -2.31. The minimum atomic E-state index is -0.673. The Hall–Kier alpha value is -1.56. The van der Waals surface area contributed by atoms with Crippen molar-refractivity contribution in [1.29, 1.82) is 0 Å². The molecule has 1 fully saturated rings. The van der Waals surface area contributed by atoms with Crippen LogP contribution in [0.25, 0.3) is 0 Å². The van der Waals surface area contributed by atoms with Crippen LogP contribution in [0, 0.1) is 0 Å². The third kappa shape index (κ3) is 2.96. The number of hydrogen-bond acceptors (Lipinski definition) is 2. The third-order valence-electron chi connectivity index (χ3n) is 3.63. The lowest BCUT2D eigenvalue weighted by molar-refractivity contribution is -0.119. The predicted molar refractivity (Wildman–Crippen MR) is 94.0 cm³/mol. The van der Waals surface area contributed by atoms with Crippen LogP contribution in [0.5, 0.6) is 0 Å². The van der Waals surface area contributed by atoms with E-state index >= 15 is 0 Å². The van der Waals surface area contributed by atoms with Crippen molar-refractivity contribution >= 4 is 56.8 Å². The van der Waals surface area contributed by atoms with E-state index in [0.29, 0.717) is 15.7 Å². The molecule has 1 aliphatic rings. The second-order valence-electron chi connectivity index (χ2n) is 5.15. The van der Waals surface area contributed by atoms with Gasteiger partial charge in [-0.3, -0.25) is 4.79 Å². The van der Waals surface area contributed by atoms with E-state index in [1.165, 1.54) is 4.90 Å². The van der Waals surface area contributed by atoms with Crippen LogP contribution in [0.1, 0.15) is 11.6 Å². The first-order valence-corrected chi connectivity index (χ1v) is 8.25. The van der Waals surface area contributed by atoms with E-state index in [9.17, 15) is 9.59 Å². The molecular weight excluding hydrogens is 403 g/mol. The molecule has 2 aromatic rings. The SMILES string of the molecule is CN1C(=O)N(c2cc(Cl)cc(Cl)c2)C(=O)C1c1ccc(Br)cc1. The number of hydrogen-bond donors (Lipinski definition) is 0. The van der Waals surface area contributed by atoms with Crippen molar-refractivity contribution < 1.29 is 9.59 Å². The highest BCUT2D eigenvalue weighted by atomic mass is 79.9. The van der Waals surface area contributed by atoms with Gasteiger partial charge in [0.15, 0.2) is 0 Å². The van der Waals surface area contributed by atoms with Gasteiger partial charge in [0.05, 0.1) is 5.69 Å². The summed E-state index contributed by atoms with van der Waals surface area (Å²) in [6.07, 6.45) is 0. The second-order valence-corrected chi connectivity index (χ2v) is 6.94. The van der Waals surface area contributed by atoms with E-state index < -0.39 is 12.1 Å². The first-order valence-electron chi connectivity index (χ1n) is 6.71. The van der Waals surface area contributed by atoms with Crippen molar-refractivity contribution in [2.24, 2.45) is 0 Å². The summed E-state index contributed by atoms with van der Waals surface area (Å²) in [7, 11) is 1.60. The average Bonchev–Trinajstić information content (AvgIpc) is 2.69. The van der Waals surface area contributed by atoms with Gasteiger partial charge < -0.3 is 4.90 Å². The predicted octanol–water partition coefficient (Wildman–Crippen LogP) is 4.90. The largest absolute Gasteiger partial charge is 0.332 e. The molecule has 1 atom stereocenters. The van der Waals surface area contributed by atoms with Gasteiger partial charge in [0.1, 0.15) is 6.04 Å². The Morgan fingerprint density at radius 3 is 2.13 bits per heavy atom. The standard InChI is InChI=1S/C16H11BrCl2N2O2/c1-20-14(9-2-4-10(17)5-3-9)15(22)21(16(20)23)13-7-11(18)6-12(19)8-13/h2-8,14H,1H3. The summed E-state index contributed by atoms with van der Waals surface area (Å²) in [6.45, 7) is 0. The Morgan fingerprint density at radius 2 is 1.57 bits per heavy atom. The Bertz CT molecular complexity index is 775. The second kappa shape index (κ2) is 6.15. The zero-order valence-electron chi connectivity index (χ0n) is 12.0. The Kier molecular flexibility index (Phi) is 4.36. The van der Waals surface area contributed by atoms with Gasteiger partial charge in [-0.2, -0.15) is 0 Å². The van der Waals surface area contributed by atoms with Gasteiger partial charge in [-0.05, 0) is 35.9 Å². The van der Waals surface area contributed by atoms with Crippen molar-refractivity contribution in [3.8, 4) is 0 Å². The molecule has 0 aromatic heterocycles. The van der Waals surface area contributed by atoms with Gasteiger partial charge >= 0.3 is 6.03 Å². The number of anilines is 1. The molecule has 0 bridgehead atoms. The fourth-order valence-corrected chi connectivity index (χ4v) is 3.35. The molecule has 23 heavy (non-hydrogen) atoms. The van der Waals surface area contributed by atoms with E-state index in [2.05, 4.69) is 15.9 Å². The molecule has 0 saturated carbocycles. The van der Waals surface area contributed by atoms with E-state index in [0.717, 1.165) is 14.9 Å². The highest BCUT2D eigenvalue weighted by Gasteiger charge is 2.44. The van der Waals surface area contributed by atoms with E-state index in [1.54, 1.807) is 25.2 Å². The zero-order chi connectivity index (χ0) is 16.7. The number of likely N-dealkylation sites (N-methyl/N-ethyl adjacent to an activating group) is 1. The highest BCUT2D eigenvalue weighted by molar-refractivity contribution is 9.10. The third-order valence-corrected chi connectivity index (χ3v) is 4.59. The first-order chi connectivity index (χ1) is 10.9. The van der Waals surface area contributed by atoms with Crippen LogP contribution in [0.15, 0.2) is 46.9 Å². The van der Waals surface area contributed by atoms with E-state index in [4.69, 9.17) is 23.2 Å². The van der Waals surface area contributed by atoms with Gasteiger partial charge in [-0.25, -0.2) is 9.69 Å². The Labute approximate surface area is 151 Å². The summed E-state index contributed by atoms with van der Waals surface area (Å²) in [5.74, 6) is -0.335. The van der Waals surface area contributed by atoms with Crippen molar-refractivity contribution in [3.05, 3.63) is 62.5 Å². The fraction of sp³-hybridized carbons (Fsp3) is 0.125. The molecule has 3 rings (SSSR count). The maximum absolute atomic E-state index is 12.8. The van der Waals surface area contributed by atoms with Gasteiger partial charge in [-0.1, -0.05) is 51.3 Å². The summed E-state index contributed by atoms with van der Waals surface area (Å²) in [5.41, 5.74) is 1.11. The van der Waals surface area contributed by atoms with Crippen LogP contribution >= 0.6 is 39.1 Å². The summed E-state index contributed by atoms with van der Waals surface area (Å²) in [6, 6.07) is 10.8. The molecule has 1 aliphatic heterocycles. The van der Waals surface area contributed by atoms with Crippen LogP contribution < -0.4 is 4.90 Å². The lowest BCUT2D eigenvalue weighted by Gasteiger charge is -2.16. The van der Waals surface area contributed by atoms with Crippen LogP contribution in [0.2, 0.25) is 10.0 Å². The minimum Gasteiger partial charge on any atom is -0.311 e. The molecule has 0 spiro atoms. The molecule has 1 saturated heterocycles. The molecule has 4 nitrogen and oxygen atoms in total. The molecule has 0 N–H and O–H groups in total. The van der Waals surface area contributed by atoms with Crippen LogP contribution in [-0.4, -0.2) is 23.9 Å². The number of amides is 3. The number of carbonyl (C=O) groups excluding carboxylic acids is 2. The van der Waals surface area contributed by atoms with Crippen LogP contribution in [0.4, 0.5) is 10.5 Å². The molecule has 0 radical (unpaired) electrons. The number of nitrogens with zero attached hydrogens (tertiary/aromatic N) is 2. The molecule has 2 aromatic carbocycles. The summed E-state index contributed by atoms with van der Waals surface area (Å²) >= 11 is 15.3. The van der Waals surface area contributed by atoms with Gasteiger partial charge in [0.25, 0.3) is 5.91 Å². The molecule has 1 heterocycles. The number of urea groups is 1. The molecule has 7 heteroatoms. The topological polar surface area (TPSA) is 40.6 Å². The van der Waals surface area contributed by atoms with E-state index in [-0.39, 0.29) is 5.91 Å². The molecular formula is C16H11BrCl2N2O2. The van der Waals surface area contributed by atoms with Gasteiger partial charge in [-0.15, -0.1) is 0 Å². The van der Waals surface area contributed by atoms with E-state index in [1.807, 2.05) is 24.3 Å². The fourth-order valence-electron chi connectivity index (χ4n) is 2.57. The van der Waals surface area contributed by atoms with Crippen molar-refractivity contribution in [1.82, 2.24) is 4.90 Å². The summed E-state index contributed by atoms with van der Waals surface area (Å²) in [4.78, 5) is 27.8.